The molecule has 0 aliphatic heterocycles. The molecule has 0 saturated heterocycles. The van der Waals surface area contributed by atoms with Crippen LogP contribution < -0.4 is 4.90 Å². The molecule has 316 valence electrons. The Balaban J connectivity index is 0.939. The summed E-state index contributed by atoms with van der Waals surface area (Å²) in [5.41, 5.74) is 19.5. The second kappa shape index (κ2) is 15.3. The zero-order valence-electron chi connectivity index (χ0n) is 37.5. The van der Waals surface area contributed by atoms with Gasteiger partial charge in [-0.05, 0) is 144 Å². The number of aromatic nitrogens is 1. The first-order chi connectivity index (χ1) is 33.0. The molecule has 2 heteroatoms. The van der Waals surface area contributed by atoms with Gasteiger partial charge in [0.1, 0.15) is 0 Å². The fourth-order valence-corrected chi connectivity index (χ4v) is 11.2. The Morgan fingerprint density at radius 1 is 0.328 bits per heavy atom. The van der Waals surface area contributed by atoms with E-state index in [4.69, 9.17) is 0 Å². The Labute approximate surface area is 391 Å². The Morgan fingerprint density at radius 3 is 1.78 bits per heavy atom. The van der Waals surface area contributed by atoms with Crippen molar-refractivity contribution in [1.29, 1.82) is 0 Å². The number of hydrogen-bond donors (Lipinski definition) is 0. The van der Waals surface area contributed by atoms with Crippen LogP contribution in [-0.4, -0.2) is 4.57 Å². The van der Waals surface area contributed by atoms with Crippen molar-refractivity contribution in [2.24, 2.45) is 0 Å². The molecule has 1 heterocycles. The van der Waals surface area contributed by atoms with Gasteiger partial charge in [-0.15, -0.1) is 0 Å². The van der Waals surface area contributed by atoms with Gasteiger partial charge >= 0.3 is 0 Å². The average molecular weight is 855 g/mol. The SMILES string of the molecule is CC1(C)c2ccccc2-c2cc(-c3ccc(N(c4ccc(-c5cccc6c5ccc5ccccc56)cc4)c4cccc(-c5cccc6c5c5ccccc5n6-c5ccccc5)c4)cc3)ccc21. The van der Waals surface area contributed by atoms with E-state index in [9.17, 15) is 0 Å². The Morgan fingerprint density at radius 2 is 0.940 bits per heavy atom. The summed E-state index contributed by atoms with van der Waals surface area (Å²) in [5, 5.41) is 7.57. The van der Waals surface area contributed by atoms with Crippen molar-refractivity contribution in [2.45, 2.75) is 19.3 Å². The number of hydrogen-bond acceptors (Lipinski definition) is 1. The van der Waals surface area contributed by atoms with Crippen LogP contribution in [0.2, 0.25) is 0 Å². The maximum Gasteiger partial charge on any atom is 0.0547 e. The van der Waals surface area contributed by atoms with Gasteiger partial charge in [-0.2, -0.15) is 0 Å². The third kappa shape index (κ3) is 6.25. The van der Waals surface area contributed by atoms with Crippen LogP contribution in [0.1, 0.15) is 25.0 Å². The Bertz CT molecular complexity index is 3870. The molecule has 11 aromatic carbocycles. The summed E-state index contributed by atoms with van der Waals surface area (Å²) < 4.78 is 2.40. The lowest BCUT2D eigenvalue weighted by atomic mass is 9.82. The van der Waals surface area contributed by atoms with E-state index in [0.717, 1.165) is 22.7 Å². The van der Waals surface area contributed by atoms with Gasteiger partial charge in [0.05, 0.1) is 11.0 Å². The van der Waals surface area contributed by atoms with E-state index in [1.165, 1.54) is 99.0 Å². The lowest BCUT2D eigenvalue weighted by Gasteiger charge is -2.26. The summed E-state index contributed by atoms with van der Waals surface area (Å²) in [6.07, 6.45) is 0. The van der Waals surface area contributed by atoms with Gasteiger partial charge in [0.15, 0.2) is 0 Å². The summed E-state index contributed by atoms with van der Waals surface area (Å²) >= 11 is 0. The van der Waals surface area contributed by atoms with Crippen molar-refractivity contribution in [3.05, 3.63) is 254 Å². The first kappa shape index (κ1) is 39.0. The molecule has 0 fully saturated rings. The number of nitrogens with zero attached hydrogens (tertiary/aromatic N) is 2. The highest BCUT2D eigenvalue weighted by atomic mass is 15.1. The molecule has 1 aliphatic rings. The van der Waals surface area contributed by atoms with Crippen LogP contribution in [0.4, 0.5) is 17.1 Å². The Hall–Kier alpha value is -8.46. The van der Waals surface area contributed by atoms with E-state index < -0.39 is 0 Å². The average Bonchev–Trinajstić information content (AvgIpc) is 3.85. The van der Waals surface area contributed by atoms with Crippen LogP contribution in [0.25, 0.3) is 93.5 Å². The van der Waals surface area contributed by atoms with Gasteiger partial charge in [-0.25, -0.2) is 0 Å². The van der Waals surface area contributed by atoms with Crippen LogP contribution in [0.3, 0.4) is 0 Å². The standard InChI is InChI=1S/C65H46N2/c1-65(2)60-26-10-8-21-57(60)59-42-46(34-40-61(59)65)43-29-35-49(36-30-43)66(50-37-31-45(32-38-50)53-23-13-25-55-52-20-7-6-15-44(52)33-39-56(53)55)51-19-12-16-47(41-51)54-24-14-28-63-64(54)58-22-9-11-27-62(58)67(63)48-17-4-3-5-18-48/h3-42H,1-2H3. The molecule has 0 saturated carbocycles. The van der Waals surface area contributed by atoms with Crippen LogP contribution in [-0.2, 0) is 5.41 Å². The second-order valence-corrected chi connectivity index (χ2v) is 18.5. The van der Waals surface area contributed by atoms with Crippen molar-refractivity contribution in [3.8, 4) is 50.2 Å². The number of fused-ring (bicyclic) bond motifs is 9. The lowest BCUT2D eigenvalue weighted by Crippen LogP contribution is -2.14. The molecule has 13 rings (SSSR count). The first-order valence-electron chi connectivity index (χ1n) is 23.3. The maximum absolute atomic E-state index is 2.41. The molecule has 1 aliphatic carbocycles. The van der Waals surface area contributed by atoms with E-state index in [-0.39, 0.29) is 5.41 Å². The smallest absolute Gasteiger partial charge is 0.0547 e. The highest BCUT2D eigenvalue weighted by Crippen LogP contribution is 2.50. The molecule has 12 aromatic rings. The lowest BCUT2D eigenvalue weighted by molar-refractivity contribution is 0.660. The molecule has 0 N–H and O–H groups in total. The van der Waals surface area contributed by atoms with Crippen LogP contribution in [0, 0.1) is 0 Å². The third-order valence-electron chi connectivity index (χ3n) is 14.4. The minimum absolute atomic E-state index is 0.0224. The van der Waals surface area contributed by atoms with Gasteiger partial charge in [0, 0.05) is 38.9 Å². The van der Waals surface area contributed by atoms with E-state index in [1.807, 2.05) is 0 Å². The summed E-state index contributed by atoms with van der Waals surface area (Å²) in [4.78, 5) is 2.41. The van der Waals surface area contributed by atoms with Crippen LogP contribution in [0.5, 0.6) is 0 Å². The van der Waals surface area contributed by atoms with Crippen molar-refractivity contribution in [1.82, 2.24) is 4.57 Å². The number of anilines is 3. The normalized spacial score (nSPS) is 12.7. The van der Waals surface area contributed by atoms with Crippen molar-refractivity contribution in [2.75, 3.05) is 4.90 Å². The minimum Gasteiger partial charge on any atom is -0.310 e. The fourth-order valence-electron chi connectivity index (χ4n) is 11.2. The molecule has 0 unspecified atom stereocenters. The summed E-state index contributed by atoms with van der Waals surface area (Å²) in [7, 11) is 0. The molecule has 0 bridgehead atoms. The fraction of sp³-hybridized carbons (Fsp3) is 0.0462. The van der Waals surface area contributed by atoms with E-state index >= 15 is 0 Å². The maximum atomic E-state index is 2.41. The zero-order valence-corrected chi connectivity index (χ0v) is 37.5. The van der Waals surface area contributed by atoms with Crippen molar-refractivity contribution >= 4 is 60.4 Å². The van der Waals surface area contributed by atoms with Crippen molar-refractivity contribution < 1.29 is 0 Å². The first-order valence-corrected chi connectivity index (χ1v) is 23.3. The predicted molar refractivity (Wildman–Crippen MR) is 284 cm³/mol. The summed E-state index contributed by atoms with van der Waals surface area (Å²) in [6, 6.07) is 89.4. The highest BCUT2D eigenvalue weighted by Gasteiger charge is 2.35. The van der Waals surface area contributed by atoms with Gasteiger partial charge in [0.2, 0.25) is 0 Å². The summed E-state index contributed by atoms with van der Waals surface area (Å²) in [5.74, 6) is 0. The molecular weight excluding hydrogens is 809 g/mol. The van der Waals surface area contributed by atoms with Gasteiger partial charge in [0.25, 0.3) is 0 Å². The van der Waals surface area contributed by atoms with Gasteiger partial charge in [-0.1, -0.05) is 190 Å². The number of benzene rings is 11. The van der Waals surface area contributed by atoms with Gasteiger partial charge < -0.3 is 9.47 Å². The predicted octanol–water partition coefficient (Wildman–Crippen LogP) is 17.9. The molecule has 2 nitrogen and oxygen atoms in total. The number of para-hydroxylation sites is 2. The molecule has 0 radical (unpaired) electrons. The number of rotatable bonds is 7. The molecule has 0 atom stereocenters. The van der Waals surface area contributed by atoms with E-state index in [0.29, 0.717) is 0 Å². The van der Waals surface area contributed by atoms with Crippen LogP contribution >= 0.6 is 0 Å². The zero-order chi connectivity index (χ0) is 44.6. The molecular formula is C65H46N2. The van der Waals surface area contributed by atoms with Crippen LogP contribution in [0.15, 0.2) is 243 Å². The minimum atomic E-state index is -0.0224. The van der Waals surface area contributed by atoms with Crippen molar-refractivity contribution in [3.63, 3.8) is 0 Å². The molecule has 0 spiro atoms. The topological polar surface area (TPSA) is 8.17 Å². The Kier molecular flexibility index (Phi) is 8.91. The summed E-state index contributed by atoms with van der Waals surface area (Å²) in [6.45, 7) is 4.69. The molecule has 1 aromatic heterocycles. The third-order valence-corrected chi connectivity index (χ3v) is 14.4. The van der Waals surface area contributed by atoms with E-state index in [1.54, 1.807) is 0 Å². The van der Waals surface area contributed by atoms with Gasteiger partial charge in [-0.3, -0.25) is 0 Å². The highest BCUT2D eigenvalue weighted by molar-refractivity contribution is 6.16. The molecule has 0 amide bonds. The van der Waals surface area contributed by atoms with E-state index in [2.05, 4.69) is 266 Å². The largest absolute Gasteiger partial charge is 0.310 e. The molecule has 67 heavy (non-hydrogen) atoms. The quantitative estimate of drug-likeness (QED) is 0.145. The monoisotopic (exact) mass is 854 g/mol. The second-order valence-electron chi connectivity index (χ2n) is 18.5.